The second kappa shape index (κ2) is 6.39. The predicted molar refractivity (Wildman–Crippen MR) is 81.0 cm³/mol. The third-order valence-corrected chi connectivity index (χ3v) is 3.21. The van der Waals surface area contributed by atoms with Gasteiger partial charge < -0.3 is 10.2 Å². The quantitative estimate of drug-likeness (QED) is 0.941. The van der Waals surface area contributed by atoms with Gasteiger partial charge in [0.25, 0.3) is 5.91 Å². The number of nitrogens with zero attached hydrogens (tertiary/aromatic N) is 2. The Bertz CT molecular complexity index is 598. The van der Waals surface area contributed by atoms with Gasteiger partial charge in [-0.15, -0.1) is 0 Å². The zero-order valence-electron chi connectivity index (χ0n) is 11.4. The Labute approximate surface area is 123 Å². The number of benzene rings is 1. The van der Waals surface area contributed by atoms with Gasteiger partial charge >= 0.3 is 0 Å². The molecule has 1 aromatic carbocycles. The van der Waals surface area contributed by atoms with Crippen molar-refractivity contribution in [1.82, 2.24) is 9.88 Å². The molecule has 0 unspecified atom stereocenters. The van der Waals surface area contributed by atoms with E-state index in [1.807, 2.05) is 24.3 Å². The molecule has 0 radical (unpaired) electrons. The second-order valence-electron chi connectivity index (χ2n) is 4.44. The Morgan fingerprint density at radius 2 is 2.00 bits per heavy atom. The van der Waals surface area contributed by atoms with Crippen molar-refractivity contribution in [2.75, 3.05) is 19.4 Å². The average molecular weight is 290 g/mol. The number of anilines is 1. The number of rotatable bonds is 4. The van der Waals surface area contributed by atoms with Crippen LogP contribution in [0.25, 0.3) is 0 Å². The molecule has 2 rings (SSSR count). The summed E-state index contributed by atoms with van der Waals surface area (Å²) in [4.78, 5) is 18.2. The first-order valence-corrected chi connectivity index (χ1v) is 6.62. The van der Waals surface area contributed by atoms with Gasteiger partial charge in [-0.3, -0.25) is 4.79 Å². The van der Waals surface area contributed by atoms with E-state index >= 15 is 0 Å². The van der Waals surface area contributed by atoms with E-state index in [9.17, 15) is 4.79 Å². The molecule has 4 nitrogen and oxygen atoms in total. The van der Waals surface area contributed by atoms with Crippen molar-refractivity contribution in [1.29, 1.82) is 0 Å². The summed E-state index contributed by atoms with van der Waals surface area (Å²) >= 11 is 5.85. The molecule has 1 N–H and O–H groups in total. The molecule has 0 aliphatic carbocycles. The zero-order chi connectivity index (χ0) is 14.5. The Balaban J connectivity index is 2.14. The monoisotopic (exact) mass is 289 g/mol. The van der Waals surface area contributed by atoms with Crippen molar-refractivity contribution in [3.8, 4) is 0 Å². The molecule has 5 heteroatoms. The molecule has 0 fully saturated rings. The van der Waals surface area contributed by atoms with E-state index in [2.05, 4.69) is 10.3 Å². The zero-order valence-corrected chi connectivity index (χ0v) is 12.2. The number of nitrogens with one attached hydrogen (secondary N) is 1. The van der Waals surface area contributed by atoms with Crippen molar-refractivity contribution in [2.24, 2.45) is 0 Å². The maximum absolute atomic E-state index is 12.4. The first-order chi connectivity index (χ1) is 9.61. The molecule has 20 heavy (non-hydrogen) atoms. The van der Waals surface area contributed by atoms with Gasteiger partial charge in [0.15, 0.2) is 0 Å². The van der Waals surface area contributed by atoms with Gasteiger partial charge in [-0.1, -0.05) is 23.7 Å². The van der Waals surface area contributed by atoms with Crippen molar-refractivity contribution in [3.05, 3.63) is 58.7 Å². The molecule has 1 amide bonds. The Kier molecular flexibility index (Phi) is 4.58. The second-order valence-corrected chi connectivity index (χ2v) is 4.87. The molecule has 0 bridgehead atoms. The van der Waals surface area contributed by atoms with Crippen LogP contribution in [0.2, 0.25) is 5.02 Å². The minimum Gasteiger partial charge on any atom is -0.372 e. The van der Waals surface area contributed by atoms with E-state index in [0.29, 0.717) is 22.9 Å². The highest BCUT2D eigenvalue weighted by molar-refractivity contribution is 6.30. The molecule has 2 aromatic rings. The van der Waals surface area contributed by atoms with Crippen molar-refractivity contribution in [2.45, 2.75) is 6.54 Å². The number of halogens is 1. The van der Waals surface area contributed by atoms with Crippen molar-refractivity contribution < 1.29 is 4.79 Å². The van der Waals surface area contributed by atoms with Gasteiger partial charge in [0, 0.05) is 31.9 Å². The van der Waals surface area contributed by atoms with Gasteiger partial charge in [0.2, 0.25) is 0 Å². The molecule has 0 saturated carbocycles. The number of amides is 1. The van der Waals surface area contributed by atoms with Crippen molar-refractivity contribution in [3.63, 3.8) is 0 Å². The van der Waals surface area contributed by atoms with Crippen LogP contribution in [0.1, 0.15) is 15.9 Å². The smallest absolute Gasteiger partial charge is 0.257 e. The highest BCUT2D eigenvalue weighted by Gasteiger charge is 2.16. The first-order valence-electron chi connectivity index (χ1n) is 6.24. The summed E-state index contributed by atoms with van der Waals surface area (Å²) in [5.41, 5.74) is 1.59. The van der Waals surface area contributed by atoms with Gasteiger partial charge in [-0.2, -0.15) is 0 Å². The van der Waals surface area contributed by atoms with Crippen LogP contribution in [0.4, 0.5) is 5.82 Å². The minimum atomic E-state index is -0.0719. The molecule has 104 valence electrons. The molecule has 0 atom stereocenters. The summed E-state index contributed by atoms with van der Waals surface area (Å²) in [5, 5.41) is 3.61. The fraction of sp³-hybridized carbons (Fsp3) is 0.200. The Morgan fingerprint density at radius 3 is 2.65 bits per heavy atom. The molecule has 1 heterocycles. The molecule has 0 saturated heterocycles. The maximum Gasteiger partial charge on any atom is 0.257 e. The minimum absolute atomic E-state index is 0.0719. The number of hydrogen-bond acceptors (Lipinski definition) is 3. The van der Waals surface area contributed by atoms with Crippen LogP contribution in [0.3, 0.4) is 0 Å². The lowest BCUT2D eigenvalue weighted by molar-refractivity contribution is 0.0785. The largest absolute Gasteiger partial charge is 0.372 e. The highest BCUT2D eigenvalue weighted by atomic mass is 35.5. The Morgan fingerprint density at radius 1 is 1.30 bits per heavy atom. The number of carbonyl (C=O) groups excluding carboxylic acids is 1. The summed E-state index contributed by atoms with van der Waals surface area (Å²) in [6, 6.07) is 11.0. The van der Waals surface area contributed by atoms with Crippen LogP contribution < -0.4 is 5.32 Å². The average Bonchev–Trinajstić information content (AvgIpc) is 2.48. The summed E-state index contributed by atoms with van der Waals surface area (Å²) in [5.74, 6) is 0.512. The molecular formula is C15H16ClN3O. The first kappa shape index (κ1) is 14.3. The third kappa shape index (κ3) is 3.27. The summed E-state index contributed by atoms with van der Waals surface area (Å²) < 4.78 is 0. The van der Waals surface area contributed by atoms with Gasteiger partial charge in [-0.25, -0.2) is 4.98 Å². The maximum atomic E-state index is 12.4. The summed E-state index contributed by atoms with van der Waals surface area (Å²) in [7, 11) is 3.52. The van der Waals surface area contributed by atoms with Crippen LogP contribution in [-0.2, 0) is 6.54 Å². The fourth-order valence-electron chi connectivity index (χ4n) is 1.92. The van der Waals surface area contributed by atoms with E-state index in [4.69, 9.17) is 11.6 Å². The lowest BCUT2D eigenvalue weighted by Crippen LogP contribution is -2.27. The van der Waals surface area contributed by atoms with E-state index in [-0.39, 0.29) is 5.91 Å². The predicted octanol–water partition coefficient (Wildman–Crippen LogP) is 3.05. The van der Waals surface area contributed by atoms with E-state index in [0.717, 1.165) is 5.56 Å². The summed E-state index contributed by atoms with van der Waals surface area (Å²) in [6.45, 7) is 0.522. The molecule has 1 aromatic heterocycles. The topological polar surface area (TPSA) is 45.2 Å². The highest BCUT2D eigenvalue weighted by Crippen LogP contribution is 2.15. The molecule has 0 aliphatic heterocycles. The van der Waals surface area contributed by atoms with E-state index in [1.165, 1.54) is 0 Å². The van der Waals surface area contributed by atoms with Crippen molar-refractivity contribution >= 4 is 23.3 Å². The normalized spacial score (nSPS) is 10.2. The number of pyridine rings is 1. The van der Waals surface area contributed by atoms with Crippen LogP contribution >= 0.6 is 11.6 Å². The van der Waals surface area contributed by atoms with Crippen LogP contribution in [-0.4, -0.2) is 29.9 Å². The SMILES string of the molecule is CNc1ncccc1C(=O)N(C)Cc1ccc(Cl)cc1. The summed E-state index contributed by atoms with van der Waals surface area (Å²) in [6.07, 6.45) is 1.65. The van der Waals surface area contributed by atoms with Gasteiger partial charge in [0.05, 0.1) is 5.56 Å². The molecule has 0 spiro atoms. The molecular weight excluding hydrogens is 274 g/mol. The van der Waals surface area contributed by atoms with Gasteiger partial charge in [-0.05, 0) is 29.8 Å². The van der Waals surface area contributed by atoms with Crippen LogP contribution in [0.5, 0.6) is 0 Å². The Hall–Kier alpha value is -2.07. The third-order valence-electron chi connectivity index (χ3n) is 2.95. The van der Waals surface area contributed by atoms with E-state index < -0.39 is 0 Å². The number of aromatic nitrogens is 1. The lowest BCUT2D eigenvalue weighted by atomic mass is 10.2. The number of hydrogen-bond donors (Lipinski definition) is 1. The number of carbonyl (C=O) groups is 1. The van der Waals surface area contributed by atoms with Crippen LogP contribution in [0, 0.1) is 0 Å². The standard InChI is InChI=1S/C15H16ClN3O/c1-17-14-13(4-3-9-18-14)15(20)19(2)10-11-5-7-12(16)8-6-11/h3-9H,10H2,1-2H3,(H,17,18). The van der Waals surface area contributed by atoms with E-state index in [1.54, 1.807) is 37.3 Å². The van der Waals surface area contributed by atoms with Gasteiger partial charge in [0.1, 0.15) is 5.82 Å². The fourth-order valence-corrected chi connectivity index (χ4v) is 2.04. The lowest BCUT2D eigenvalue weighted by Gasteiger charge is -2.18. The molecule has 0 aliphatic rings. The van der Waals surface area contributed by atoms with Crippen LogP contribution in [0.15, 0.2) is 42.6 Å².